The zero-order valence-electron chi connectivity index (χ0n) is 7.58. The largest absolute Gasteiger partial charge is 0.468 e. The maximum absolute atomic E-state index is 5.22. The second kappa shape index (κ2) is 6.18. The van der Waals surface area contributed by atoms with E-state index in [4.69, 9.17) is 4.42 Å². The van der Waals surface area contributed by atoms with E-state index in [1.807, 2.05) is 23.9 Å². The van der Waals surface area contributed by atoms with Gasteiger partial charge in [0.25, 0.3) is 0 Å². The fourth-order valence-electron chi connectivity index (χ4n) is 1.02. The van der Waals surface area contributed by atoms with Crippen molar-refractivity contribution in [3.63, 3.8) is 0 Å². The van der Waals surface area contributed by atoms with E-state index in [1.54, 1.807) is 6.26 Å². The highest BCUT2D eigenvalue weighted by atomic mass is 32.2. The van der Waals surface area contributed by atoms with E-state index in [0.717, 1.165) is 11.5 Å². The number of rotatable bonds is 6. The Labute approximate surface area is 78.5 Å². The Kier molecular flexibility index (Phi) is 5.00. The molecule has 0 saturated heterocycles. The minimum atomic E-state index is 1.02. The molecule has 0 aliphatic carbocycles. The molecule has 0 fully saturated rings. The van der Waals surface area contributed by atoms with Crippen molar-refractivity contribution in [2.24, 2.45) is 0 Å². The summed E-state index contributed by atoms with van der Waals surface area (Å²) in [5, 5.41) is 0. The third-order valence-corrected chi connectivity index (χ3v) is 2.78. The van der Waals surface area contributed by atoms with Gasteiger partial charge in [0.2, 0.25) is 0 Å². The van der Waals surface area contributed by atoms with Crippen molar-refractivity contribution in [1.82, 2.24) is 0 Å². The lowest BCUT2D eigenvalue weighted by Crippen LogP contribution is -1.81. The first kappa shape index (κ1) is 9.72. The molecule has 1 nitrogen and oxygen atoms in total. The summed E-state index contributed by atoms with van der Waals surface area (Å²) in [6, 6.07) is 3.98. The van der Waals surface area contributed by atoms with Crippen molar-refractivity contribution in [2.45, 2.75) is 31.9 Å². The summed E-state index contributed by atoms with van der Waals surface area (Å²) in [4.78, 5) is 0. The van der Waals surface area contributed by atoms with E-state index in [1.165, 1.54) is 25.0 Å². The van der Waals surface area contributed by atoms with Crippen molar-refractivity contribution < 1.29 is 4.42 Å². The highest BCUT2D eigenvalue weighted by Crippen LogP contribution is 2.14. The molecular formula is C10H16OS. The molecule has 0 N–H and O–H groups in total. The zero-order valence-corrected chi connectivity index (χ0v) is 8.40. The van der Waals surface area contributed by atoms with Crippen LogP contribution in [0.2, 0.25) is 0 Å². The highest BCUT2D eigenvalue weighted by Gasteiger charge is 1.94. The average Bonchev–Trinajstić information content (AvgIpc) is 2.57. The van der Waals surface area contributed by atoms with Crippen molar-refractivity contribution in [1.29, 1.82) is 0 Å². The van der Waals surface area contributed by atoms with Gasteiger partial charge in [-0.3, -0.25) is 0 Å². The quantitative estimate of drug-likeness (QED) is 0.625. The molecule has 1 rings (SSSR count). The van der Waals surface area contributed by atoms with E-state index < -0.39 is 0 Å². The van der Waals surface area contributed by atoms with Gasteiger partial charge >= 0.3 is 0 Å². The van der Waals surface area contributed by atoms with Crippen LogP contribution >= 0.6 is 11.8 Å². The van der Waals surface area contributed by atoms with E-state index >= 15 is 0 Å². The molecule has 0 aliphatic rings. The summed E-state index contributed by atoms with van der Waals surface area (Å²) >= 11 is 1.96. The third-order valence-electron chi connectivity index (χ3n) is 1.72. The normalized spacial score (nSPS) is 10.4. The van der Waals surface area contributed by atoms with E-state index in [2.05, 4.69) is 6.92 Å². The van der Waals surface area contributed by atoms with Crippen LogP contribution in [0.4, 0.5) is 0 Å². The van der Waals surface area contributed by atoms with Gasteiger partial charge in [0, 0.05) is 0 Å². The molecule has 0 bridgehead atoms. The van der Waals surface area contributed by atoms with Crippen LogP contribution in [0.1, 0.15) is 31.9 Å². The minimum Gasteiger partial charge on any atom is -0.468 e. The van der Waals surface area contributed by atoms with Crippen molar-refractivity contribution >= 4 is 11.8 Å². The Morgan fingerprint density at radius 2 is 2.33 bits per heavy atom. The first-order valence-corrected chi connectivity index (χ1v) is 5.69. The van der Waals surface area contributed by atoms with Crippen molar-refractivity contribution in [3.05, 3.63) is 24.2 Å². The van der Waals surface area contributed by atoms with Crippen LogP contribution in [-0.4, -0.2) is 5.75 Å². The van der Waals surface area contributed by atoms with Crippen LogP contribution < -0.4 is 0 Å². The zero-order chi connectivity index (χ0) is 8.65. The Hall–Kier alpha value is -0.370. The number of unbranched alkanes of at least 4 members (excludes halogenated alkanes) is 2. The Balaban J connectivity index is 1.96. The van der Waals surface area contributed by atoms with Gasteiger partial charge in [-0.05, 0) is 24.3 Å². The third kappa shape index (κ3) is 3.86. The van der Waals surface area contributed by atoms with Gasteiger partial charge in [-0.25, -0.2) is 0 Å². The molecule has 0 aliphatic heterocycles. The molecule has 0 spiro atoms. The van der Waals surface area contributed by atoms with Gasteiger partial charge in [-0.2, -0.15) is 11.8 Å². The van der Waals surface area contributed by atoms with Crippen LogP contribution in [0, 0.1) is 0 Å². The van der Waals surface area contributed by atoms with Crippen LogP contribution in [0.15, 0.2) is 22.8 Å². The number of hydrogen-bond acceptors (Lipinski definition) is 2. The second-order valence-corrected chi connectivity index (χ2v) is 3.94. The molecule has 0 unspecified atom stereocenters. The predicted octanol–water partition coefficient (Wildman–Crippen LogP) is 3.70. The van der Waals surface area contributed by atoms with Gasteiger partial charge in [0.05, 0.1) is 12.0 Å². The molecular weight excluding hydrogens is 168 g/mol. The predicted molar refractivity (Wildman–Crippen MR) is 54.4 cm³/mol. The van der Waals surface area contributed by atoms with Gasteiger partial charge < -0.3 is 4.42 Å². The monoisotopic (exact) mass is 184 g/mol. The lowest BCUT2D eigenvalue weighted by atomic mass is 10.3. The van der Waals surface area contributed by atoms with Crippen LogP contribution in [0.3, 0.4) is 0 Å². The Bertz CT molecular complexity index is 182. The topological polar surface area (TPSA) is 13.1 Å². The molecule has 12 heavy (non-hydrogen) atoms. The van der Waals surface area contributed by atoms with Crippen LogP contribution in [0.5, 0.6) is 0 Å². The lowest BCUT2D eigenvalue weighted by Gasteiger charge is -1.97. The van der Waals surface area contributed by atoms with Crippen LogP contribution in [-0.2, 0) is 5.75 Å². The molecule has 2 heteroatoms. The number of furan rings is 1. The standard InChI is InChI=1S/C10H16OS/c1-2-3-4-8-12-9-10-6-5-7-11-10/h5-7H,2-4,8-9H2,1H3. The second-order valence-electron chi connectivity index (χ2n) is 2.84. The van der Waals surface area contributed by atoms with Gasteiger partial charge in [-0.15, -0.1) is 0 Å². The van der Waals surface area contributed by atoms with Crippen molar-refractivity contribution in [3.8, 4) is 0 Å². The molecule has 0 saturated carbocycles. The fraction of sp³-hybridized carbons (Fsp3) is 0.600. The molecule has 1 aromatic heterocycles. The SMILES string of the molecule is CCCCCSCc1ccco1. The van der Waals surface area contributed by atoms with Gasteiger partial charge in [0.1, 0.15) is 5.76 Å². The summed E-state index contributed by atoms with van der Waals surface area (Å²) < 4.78 is 5.22. The van der Waals surface area contributed by atoms with E-state index in [0.29, 0.717) is 0 Å². The van der Waals surface area contributed by atoms with Gasteiger partial charge in [-0.1, -0.05) is 19.8 Å². The lowest BCUT2D eigenvalue weighted by molar-refractivity contribution is 0.530. The fourth-order valence-corrected chi connectivity index (χ4v) is 1.94. The Morgan fingerprint density at radius 1 is 1.42 bits per heavy atom. The van der Waals surface area contributed by atoms with Gasteiger partial charge in [0.15, 0.2) is 0 Å². The number of hydrogen-bond donors (Lipinski definition) is 0. The number of thioether (sulfide) groups is 1. The van der Waals surface area contributed by atoms with Crippen molar-refractivity contribution in [2.75, 3.05) is 5.75 Å². The maximum Gasteiger partial charge on any atom is 0.113 e. The first-order valence-electron chi connectivity index (χ1n) is 4.53. The van der Waals surface area contributed by atoms with Crippen LogP contribution in [0.25, 0.3) is 0 Å². The maximum atomic E-state index is 5.22. The minimum absolute atomic E-state index is 1.02. The molecule has 68 valence electrons. The first-order chi connectivity index (χ1) is 5.93. The van der Waals surface area contributed by atoms with E-state index in [-0.39, 0.29) is 0 Å². The summed E-state index contributed by atoms with van der Waals surface area (Å²) in [7, 11) is 0. The summed E-state index contributed by atoms with van der Waals surface area (Å²) in [6.45, 7) is 2.23. The molecule has 1 aromatic rings. The Morgan fingerprint density at radius 3 is 3.00 bits per heavy atom. The molecule has 1 heterocycles. The molecule has 0 radical (unpaired) electrons. The average molecular weight is 184 g/mol. The summed E-state index contributed by atoms with van der Waals surface area (Å²) in [5.41, 5.74) is 0. The molecule has 0 atom stereocenters. The summed E-state index contributed by atoms with van der Waals surface area (Å²) in [5.74, 6) is 3.38. The summed E-state index contributed by atoms with van der Waals surface area (Å²) in [6.07, 6.45) is 5.73. The molecule has 0 amide bonds. The molecule has 0 aromatic carbocycles. The highest BCUT2D eigenvalue weighted by molar-refractivity contribution is 7.98. The van der Waals surface area contributed by atoms with E-state index in [9.17, 15) is 0 Å². The smallest absolute Gasteiger partial charge is 0.113 e.